The van der Waals surface area contributed by atoms with Crippen LogP contribution in [0.3, 0.4) is 0 Å². The van der Waals surface area contributed by atoms with Crippen molar-refractivity contribution in [2.75, 3.05) is 26.7 Å². The number of likely N-dealkylation sites (tertiary alicyclic amines) is 1. The number of benzene rings is 1. The maximum Gasteiger partial charge on any atom is 0.106 e. The molecule has 0 atom stereocenters. The molecule has 0 aliphatic carbocycles. The van der Waals surface area contributed by atoms with Crippen molar-refractivity contribution in [2.45, 2.75) is 32.4 Å². The molecule has 0 amide bonds. The molecule has 1 saturated heterocycles. The highest BCUT2D eigenvalue weighted by atomic mass is 15.1. The van der Waals surface area contributed by atoms with Gasteiger partial charge in [0.1, 0.15) is 5.82 Å². The minimum atomic E-state index is 0.682. The summed E-state index contributed by atoms with van der Waals surface area (Å²) in [5.41, 5.74) is 2.35. The molecule has 1 aliphatic rings. The Balaban J connectivity index is 1.59. The van der Waals surface area contributed by atoms with E-state index >= 15 is 0 Å². The molecule has 20 heavy (non-hydrogen) atoms. The lowest BCUT2D eigenvalue weighted by atomic mass is 10.1. The molecule has 4 heteroatoms. The topological polar surface area (TPSA) is 33.1 Å². The third kappa shape index (κ3) is 2.86. The van der Waals surface area contributed by atoms with Crippen molar-refractivity contribution in [3.63, 3.8) is 0 Å². The second kappa shape index (κ2) is 5.94. The fraction of sp³-hybridized carbons (Fsp3) is 0.562. The Bertz CT molecular complexity index is 567. The summed E-state index contributed by atoms with van der Waals surface area (Å²) in [6.07, 6.45) is 2.53. The Morgan fingerprint density at radius 3 is 2.80 bits per heavy atom. The first-order valence-electron chi connectivity index (χ1n) is 7.58. The zero-order chi connectivity index (χ0) is 13.9. The van der Waals surface area contributed by atoms with E-state index in [-0.39, 0.29) is 0 Å². The molecule has 1 fully saturated rings. The maximum atomic E-state index is 4.62. The van der Waals surface area contributed by atoms with Crippen molar-refractivity contribution in [2.24, 2.45) is 0 Å². The number of para-hydroxylation sites is 2. The van der Waals surface area contributed by atoms with Gasteiger partial charge in [0.2, 0.25) is 0 Å². The highest BCUT2D eigenvalue weighted by Gasteiger charge is 2.15. The van der Waals surface area contributed by atoms with Crippen LogP contribution in [0.25, 0.3) is 11.0 Å². The van der Waals surface area contributed by atoms with Gasteiger partial charge in [0.15, 0.2) is 0 Å². The van der Waals surface area contributed by atoms with Crippen LogP contribution in [0.5, 0.6) is 0 Å². The number of hydrogen-bond donors (Lipinski definition) is 1. The summed E-state index contributed by atoms with van der Waals surface area (Å²) < 4.78 is 2.32. The zero-order valence-electron chi connectivity index (χ0n) is 12.5. The summed E-state index contributed by atoms with van der Waals surface area (Å²) in [4.78, 5) is 7.03. The molecule has 1 N–H and O–H groups in total. The summed E-state index contributed by atoms with van der Waals surface area (Å²) >= 11 is 0. The molecule has 108 valence electrons. The summed E-state index contributed by atoms with van der Waals surface area (Å²) in [6.45, 7) is 6.54. The molecule has 2 aromatic rings. The van der Waals surface area contributed by atoms with Gasteiger partial charge in [0.25, 0.3) is 0 Å². The predicted octanol–water partition coefficient (Wildman–Crippen LogP) is 2.03. The molecule has 2 heterocycles. The lowest BCUT2D eigenvalue weighted by Crippen LogP contribution is -2.41. The van der Waals surface area contributed by atoms with Gasteiger partial charge in [-0.25, -0.2) is 4.98 Å². The third-order valence-corrected chi connectivity index (χ3v) is 4.33. The van der Waals surface area contributed by atoms with E-state index in [2.05, 4.69) is 58.0 Å². The predicted molar refractivity (Wildman–Crippen MR) is 83.0 cm³/mol. The van der Waals surface area contributed by atoms with E-state index < -0.39 is 0 Å². The van der Waals surface area contributed by atoms with Gasteiger partial charge in [-0.05, 0) is 52.0 Å². The summed E-state index contributed by atoms with van der Waals surface area (Å²) in [5, 5.41) is 3.70. The second-order valence-electron chi connectivity index (χ2n) is 5.83. The molecule has 0 radical (unpaired) electrons. The number of aromatic nitrogens is 2. The molecule has 0 spiro atoms. The summed E-state index contributed by atoms with van der Waals surface area (Å²) in [5.74, 6) is 1.11. The Kier molecular flexibility index (Phi) is 4.03. The average Bonchev–Trinajstić information content (AvgIpc) is 2.77. The Morgan fingerprint density at radius 2 is 2.00 bits per heavy atom. The number of piperidine rings is 1. The van der Waals surface area contributed by atoms with Crippen LogP contribution in [0.2, 0.25) is 0 Å². The average molecular weight is 272 g/mol. The Labute approximate surface area is 120 Å². The number of nitrogens with zero attached hydrogens (tertiary/aromatic N) is 3. The minimum absolute atomic E-state index is 0.682. The number of aryl methyl sites for hydroxylation is 1. The van der Waals surface area contributed by atoms with E-state index in [1.807, 2.05) is 0 Å². The second-order valence-corrected chi connectivity index (χ2v) is 5.83. The fourth-order valence-corrected chi connectivity index (χ4v) is 3.07. The number of hydrogen-bond acceptors (Lipinski definition) is 3. The highest BCUT2D eigenvalue weighted by molar-refractivity contribution is 5.75. The van der Waals surface area contributed by atoms with E-state index in [1.165, 1.54) is 31.4 Å². The monoisotopic (exact) mass is 272 g/mol. The van der Waals surface area contributed by atoms with E-state index in [0.29, 0.717) is 6.04 Å². The van der Waals surface area contributed by atoms with Crippen LogP contribution in [-0.4, -0.2) is 47.2 Å². The fourth-order valence-electron chi connectivity index (χ4n) is 3.07. The summed E-state index contributed by atoms with van der Waals surface area (Å²) in [6, 6.07) is 9.07. The maximum absolute atomic E-state index is 4.62. The first-order chi connectivity index (χ1) is 9.74. The number of imidazole rings is 1. The van der Waals surface area contributed by atoms with Crippen molar-refractivity contribution in [1.29, 1.82) is 0 Å². The molecular formula is C16H24N4. The molecule has 3 rings (SSSR count). The number of fused-ring (bicyclic) bond motifs is 1. The van der Waals surface area contributed by atoms with Crippen molar-refractivity contribution in [3.8, 4) is 0 Å². The van der Waals surface area contributed by atoms with Crippen LogP contribution >= 0.6 is 0 Å². The van der Waals surface area contributed by atoms with Crippen molar-refractivity contribution < 1.29 is 0 Å². The van der Waals surface area contributed by atoms with Gasteiger partial charge in [-0.1, -0.05) is 12.1 Å². The van der Waals surface area contributed by atoms with Crippen molar-refractivity contribution in [3.05, 3.63) is 30.1 Å². The van der Waals surface area contributed by atoms with Gasteiger partial charge < -0.3 is 14.8 Å². The smallest absolute Gasteiger partial charge is 0.106 e. The third-order valence-electron chi connectivity index (χ3n) is 4.33. The van der Waals surface area contributed by atoms with Gasteiger partial charge >= 0.3 is 0 Å². The Morgan fingerprint density at radius 1 is 1.25 bits per heavy atom. The summed E-state index contributed by atoms with van der Waals surface area (Å²) in [7, 11) is 2.21. The molecule has 0 bridgehead atoms. The zero-order valence-corrected chi connectivity index (χ0v) is 12.5. The van der Waals surface area contributed by atoms with E-state index in [1.54, 1.807) is 0 Å². The van der Waals surface area contributed by atoms with Crippen LogP contribution in [0.1, 0.15) is 18.7 Å². The van der Waals surface area contributed by atoms with Crippen LogP contribution in [0.15, 0.2) is 24.3 Å². The van der Waals surface area contributed by atoms with Crippen molar-refractivity contribution in [1.82, 2.24) is 19.8 Å². The molecule has 1 aromatic heterocycles. The largest absolute Gasteiger partial charge is 0.327 e. The van der Waals surface area contributed by atoms with Crippen molar-refractivity contribution >= 4 is 11.0 Å². The molecular weight excluding hydrogens is 248 g/mol. The first kappa shape index (κ1) is 13.6. The molecule has 1 aromatic carbocycles. The van der Waals surface area contributed by atoms with Gasteiger partial charge in [-0.15, -0.1) is 0 Å². The van der Waals surface area contributed by atoms with Gasteiger partial charge in [0, 0.05) is 19.1 Å². The van der Waals surface area contributed by atoms with Gasteiger partial charge in [-0.3, -0.25) is 0 Å². The van der Waals surface area contributed by atoms with Crippen LogP contribution in [0.4, 0.5) is 0 Å². The van der Waals surface area contributed by atoms with Crippen LogP contribution < -0.4 is 5.32 Å². The van der Waals surface area contributed by atoms with E-state index in [0.717, 1.165) is 24.4 Å². The van der Waals surface area contributed by atoms with Crippen LogP contribution in [0, 0.1) is 6.92 Å². The Hall–Kier alpha value is -1.39. The highest BCUT2D eigenvalue weighted by Crippen LogP contribution is 2.15. The van der Waals surface area contributed by atoms with E-state index in [9.17, 15) is 0 Å². The SMILES string of the molecule is Cc1nc2ccccc2n1CCNC1CCN(C)CC1. The standard InChI is InChI=1S/C16H24N4/c1-13-18-15-5-3-4-6-16(15)20(13)12-9-17-14-7-10-19(2)11-8-14/h3-6,14,17H,7-12H2,1-2H3. The van der Waals surface area contributed by atoms with Gasteiger partial charge in [0.05, 0.1) is 11.0 Å². The quantitative estimate of drug-likeness (QED) is 0.924. The minimum Gasteiger partial charge on any atom is -0.327 e. The van der Waals surface area contributed by atoms with Crippen LogP contribution in [-0.2, 0) is 6.54 Å². The number of nitrogens with one attached hydrogen (secondary N) is 1. The lowest BCUT2D eigenvalue weighted by molar-refractivity contribution is 0.234. The van der Waals surface area contributed by atoms with Gasteiger partial charge in [-0.2, -0.15) is 0 Å². The number of rotatable bonds is 4. The molecule has 1 aliphatic heterocycles. The lowest BCUT2D eigenvalue weighted by Gasteiger charge is -2.29. The molecule has 0 unspecified atom stereocenters. The molecule has 0 saturated carbocycles. The normalized spacial score (nSPS) is 17.9. The van der Waals surface area contributed by atoms with E-state index in [4.69, 9.17) is 0 Å². The first-order valence-corrected chi connectivity index (χ1v) is 7.58. The molecule has 4 nitrogen and oxygen atoms in total.